The zero-order valence-corrected chi connectivity index (χ0v) is 9.36. The van der Waals surface area contributed by atoms with Crippen LogP contribution in [0.15, 0.2) is 41.3 Å². The third-order valence-electron chi connectivity index (χ3n) is 2.32. The molecule has 1 heterocycles. The van der Waals surface area contributed by atoms with Crippen LogP contribution in [-0.2, 0) is 0 Å². The van der Waals surface area contributed by atoms with Crippen molar-refractivity contribution >= 4 is 17.6 Å². The fourth-order valence-electron chi connectivity index (χ4n) is 1.46. The first-order valence-electron chi connectivity index (χ1n) is 4.80. The number of aromatic carboxylic acids is 1. The predicted octanol–water partition coefficient (Wildman–Crippen LogP) is 2.39. The second-order valence-electron chi connectivity index (χ2n) is 3.44. The van der Waals surface area contributed by atoms with Gasteiger partial charge in [-0.15, -0.1) is 0 Å². The Hall–Kier alpha value is -2.07. The van der Waals surface area contributed by atoms with Crippen LogP contribution < -0.4 is 5.56 Å². The molecule has 0 bridgehead atoms. The van der Waals surface area contributed by atoms with Crippen LogP contribution in [0, 0.1) is 0 Å². The maximum Gasteiger partial charge on any atom is 0.337 e. The Kier molecular flexibility index (Phi) is 2.97. The number of aromatic nitrogens is 1. The van der Waals surface area contributed by atoms with Gasteiger partial charge in [0.15, 0.2) is 0 Å². The van der Waals surface area contributed by atoms with Crippen molar-refractivity contribution in [2.45, 2.75) is 0 Å². The number of pyridine rings is 1. The second-order valence-corrected chi connectivity index (χ2v) is 3.85. The molecule has 0 aliphatic carbocycles. The first-order valence-corrected chi connectivity index (χ1v) is 5.17. The summed E-state index contributed by atoms with van der Waals surface area (Å²) < 4.78 is 0. The first kappa shape index (κ1) is 11.4. The van der Waals surface area contributed by atoms with Gasteiger partial charge in [-0.1, -0.05) is 17.7 Å². The maximum absolute atomic E-state index is 10.9. The average Bonchev–Trinajstić information content (AvgIpc) is 2.29. The van der Waals surface area contributed by atoms with Gasteiger partial charge in [-0.25, -0.2) is 4.79 Å². The molecule has 17 heavy (non-hydrogen) atoms. The smallest absolute Gasteiger partial charge is 0.337 e. The summed E-state index contributed by atoms with van der Waals surface area (Å²) >= 11 is 5.85. The third-order valence-corrected chi connectivity index (χ3v) is 2.63. The van der Waals surface area contributed by atoms with E-state index in [2.05, 4.69) is 4.98 Å². The van der Waals surface area contributed by atoms with E-state index in [4.69, 9.17) is 16.7 Å². The highest BCUT2D eigenvalue weighted by molar-refractivity contribution is 6.33. The minimum atomic E-state index is -1.07. The SMILES string of the molecule is O=C(O)c1ccc(-c2ccc(=O)[nH]c2)cc1Cl. The van der Waals surface area contributed by atoms with Gasteiger partial charge in [-0.2, -0.15) is 0 Å². The summed E-state index contributed by atoms with van der Waals surface area (Å²) in [5.41, 5.74) is 1.38. The Morgan fingerprint density at radius 3 is 2.41 bits per heavy atom. The van der Waals surface area contributed by atoms with Crippen molar-refractivity contribution in [3.05, 3.63) is 57.5 Å². The fourth-order valence-corrected chi connectivity index (χ4v) is 1.72. The van der Waals surface area contributed by atoms with Crippen LogP contribution in [0.3, 0.4) is 0 Å². The molecule has 0 unspecified atom stereocenters. The molecule has 0 saturated heterocycles. The molecule has 2 N–H and O–H groups in total. The zero-order valence-electron chi connectivity index (χ0n) is 8.61. The van der Waals surface area contributed by atoms with E-state index in [1.54, 1.807) is 24.4 Å². The first-order chi connectivity index (χ1) is 8.08. The predicted molar refractivity (Wildman–Crippen MR) is 64.5 cm³/mol. The lowest BCUT2D eigenvalue weighted by Crippen LogP contribution is -2.01. The molecule has 0 aliphatic heterocycles. The number of rotatable bonds is 2. The Morgan fingerprint density at radius 2 is 1.88 bits per heavy atom. The maximum atomic E-state index is 10.9. The van der Waals surface area contributed by atoms with E-state index >= 15 is 0 Å². The molecule has 0 atom stereocenters. The fraction of sp³-hybridized carbons (Fsp3) is 0. The van der Waals surface area contributed by atoms with Crippen LogP contribution in [-0.4, -0.2) is 16.1 Å². The van der Waals surface area contributed by atoms with E-state index in [9.17, 15) is 9.59 Å². The van der Waals surface area contributed by atoms with Gasteiger partial charge in [-0.05, 0) is 29.3 Å². The highest BCUT2D eigenvalue weighted by Gasteiger charge is 2.09. The molecule has 0 amide bonds. The lowest BCUT2D eigenvalue weighted by molar-refractivity contribution is 0.0697. The number of nitrogens with one attached hydrogen (secondary N) is 1. The standard InChI is InChI=1S/C12H8ClNO3/c13-10-5-7(1-3-9(10)12(16)17)8-2-4-11(15)14-6-8/h1-6H,(H,14,15)(H,16,17). The highest BCUT2D eigenvalue weighted by atomic mass is 35.5. The molecule has 1 aromatic carbocycles. The molecule has 1 aromatic heterocycles. The minimum Gasteiger partial charge on any atom is -0.478 e. The number of carbonyl (C=O) groups is 1. The van der Waals surface area contributed by atoms with Gasteiger partial charge in [0, 0.05) is 12.3 Å². The van der Waals surface area contributed by atoms with Gasteiger partial charge in [0.2, 0.25) is 5.56 Å². The van der Waals surface area contributed by atoms with Gasteiger partial charge in [0.1, 0.15) is 0 Å². The highest BCUT2D eigenvalue weighted by Crippen LogP contribution is 2.24. The largest absolute Gasteiger partial charge is 0.478 e. The van der Waals surface area contributed by atoms with E-state index in [1.807, 2.05) is 0 Å². The van der Waals surface area contributed by atoms with Crippen molar-refractivity contribution in [3.63, 3.8) is 0 Å². The van der Waals surface area contributed by atoms with Crippen LogP contribution >= 0.6 is 11.6 Å². The van der Waals surface area contributed by atoms with E-state index in [0.29, 0.717) is 0 Å². The van der Waals surface area contributed by atoms with Crippen molar-refractivity contribution in [1.29, 1.82) is 0 Å². The molecule has 86 valence electrons. The van der Waals surface area contributed by atoms with Gasteiger partial charge < -0.3 is 10.1 Å². The monoisotopic (exact) mass is 249 g/mol. The average molecular weight is 250 g/mol. The van der Waals surface area contributed by atoms with Crippen LogP contribution in [0.4, 0.5) is 0 Å². The quantitative estimate of drug-likeness (QED) is 0.859. The molecule has 0 spiro atoms. The topological polar surface area (TPSA) is 70.2 Å². The molecule has 0 radical (unpaired) electrons. The Balaban J connectivity index is 2.48. The number of H-pyrrole nitrogens is 1. The zero-order chi connectivity index (χ0) is 12.4. The number of hydrogen-bond donors (Lipinski definition) is 2. The number of aromatic amines is 1. The summed E-state index contributed by atoms with van der Waals surface area (Å²) in [5, 5.41) is 9.00. The lowest BCUT2D eigenvalue weighted by Gasteiger charge is -2.03. The Bertz CT molecular complexity index is 613. The van der Waals surface area contributed by atoms with Crippen molar-refractivity contribution in [1.82, 2.24) is 4.98 Å². The number of carboxylic acids is 1. The molecule has 0 fully saturated rings. The van der Waals surface area contributed by atoms with Gasteiger partial charge in [0.05, 0.1) is 10.6 Å². The van der Waals surface area contributed by atoms with Crippen molar-refractivity contribution < 1.29 is 9.90 Å². The molecule has 2 aromatic rings. The number of benzene rings is 1. The van der Waals surface area contributed by atoms with E-state index < -0.39 is 5.97 Å². The number of halogens is 1. The second kappa shape index (κ2) is 4.43. The molecule has 0 aliphatic rings. The molecule has 2 rings (SSSR count). The van der Waals surface area contributed by atoms with Crippen LogP contribution in [0.1, 0.15) is 10.4 Å². The summed E-state index contributed by atoms with van der Waals surface area (Å²) in [6.07, 6.45) is 1.55. The van der Waals surface area contributed by atoms with E-state index in [1.165, 1.54) is 12.1 Å². The molecular weight excluding hydrogens is 242 g/mol. The molecule has 4 nitrogen and oxygen atoms in total. The molecule has 5 heteroatoms. The summed E-state index contributed by atoms with van der Waals surface area (Å²) in [5.74, 6) is -1.07. The van der Waals surface area contributed by atoms with Gasteiger partial charge >= 0.3 is 5.97 Å². The molecular formula is C12H8ClNO3. The lowest BCUT2D eigenvalue weighted by atomic mass is 10.1. The summed E-state index contributed by atoms with van der Waals surface area (Å²) in [4.78, 5) is 24.2. The summed E-state index contributed by atoms with van der Waals surface area (Å²) in [7, 11) is 0. The van der Waals surface area contributed by atoms with Crippen molar-refractivity contribution in [2.75, 3.05) is 0 Å². The Labute approximate surface area is 101 Å². The molecule has 0 saturated carbocycles. The van der Waals surface area contributed by atoms with Crippen LogP contribution in [0.25, 0.3) is 11.1 Å². The minimum absolute atomic E-state index is 0.0554. The van der Waals surface area contributed by atoms with Crippen molar-refractivity contribution in [2.24, 2.45) is 0 Å². The van der Waals surface area contributed by atoms with Gasteiger partial charge in [0.25, 0.3) is 0 Å². The normalized spacial score (nSPS) is 10.2. The Morgan fingerprint density at radius 1 is 1.18 bits per heavy atom. The van der Waals surface area contributed by atoms with E-state index in [-0.39, 0.29) is 16.1 Å². The van der Waals surface area contributed by atoms with Gasteiger partial charge in [-0.3, -0.25) is 4.79 Å². The summed E-state index contributed by atoms with van der Waals surface area (Å²) in [6, 6.07) is 7.67. The number of hydrogen-bond acceptors (Lipinski definition) is 2. The van der Waals surface area contributed by atoms with E-state index in [0.717, 1.165) is 11.1 Å². The third kappa shape index (κ3) is 2.37. The number of carboxylic acid groups (broad SMARTS) is 1. The van der Waals surface area contributed by atoms with Crippen LogP contribution in [0.5, 0.6) is 0 Å². The van der Waals surface area contributed by atoms with Crippen LogP contribution in [0.2, 0.25) is 5.02 Å². The van der Waals surface area contributed by atoms with Crippen molar-refractivity contribution in [3.8, 4) is 11.1 Å². The summed E-state index contributed by atoms with van der Waals surface area (Å²) in [6.45, 7) is 0.